The lowest BCUT2D eigenvalue weighted by Gasteiger charge is -2.08. The summed E-state index contributed by atoms with van der Waals surface area (Å²) in [6, 6.07) is 14.7. The molecule has 5 aromatic rings. The number of aromatic nitrogens is 4. The molecule has 3 heterocycles. The highest BCUT2D eigenvalue weighted by Gasteiger charge is 2.16. The first-order valence-electron chi connectivity index (χ1n) is 10.5. The average molecular weight is 459 g/mol. The number of H-pyrrole nitrogens is 2. The molecule has 0 aliphatic carbocycles. The largest absolute Gasteiger partial charge is 0.354 e. The van der Waals surface area contributed by atoms with Gasteiger partial charge < -0.3 is 15.3 Å². The quantitative estimate of drug-likeness (QED) is 0.358. The third-order valence-corrected chi connectivity index (χ3v) is 5.52. The number of halogens is 2. The van der Waals surface area contributed by atoms with E-state index in [1.54, 1.807) is 19.2 Å². The Morgan fingerprint density at radius 2 is 1.88 bits per heavy atom. The summed E-state index contributed by atoms with van der Waals surface area (Å²) in [5, 5.41) is 7.88. The van der Waals surface area contributed by atoms with Gasteiger partial charge in [-0.05, 0) is 42.8 Å². The van der Waals surface area contributed by atoms with Gasteiger partial charge in [-0.3, -0.25) is 14.3 Å². The zero-order valence-corrected chi connectivity index (χ0v) is 18.0. The molecule has 0 aliphatic rings. The van der Waals surface area contributed by atoms with Crippen LogP contribution in [0.25, 0.3) is 22.2 Å². The first-order valence-corrected chi connectivity index (χ1v) is 10.5. The number of aryl methyl sites for hydroxylation is 1. The van der Waals surface area contributed by atoms with Crippen LogP contribution in [0.15, 0.2) is 71.8 Å². The van der Waals surface area contributed by atoms with Crippen molar-refractivity contribution in [3.63, 3.8) is 0 Å². The third kappa shape index (κ3) is 4.11. The molecule has 170 valence electrons. The van der Waals surface area contributed by atoms with E-state index < -0.39 is 17.5 Å². The SMILES string of the molecule is Cc1[nH]c(=O)c(-c2cc3ccccc3[nH]2)cc1C(=O)Nc1cnn(Cc2ccc(F)c(F)c2)c1. The molecular weight excluding hydrogens is 440 g/mol. The van der Waals surface area contributed by atoms with Crippen LogP contribution in [0.5, 0.6) is 0 Å². The van der Waals surface area contributed by atoms with E-state index in [4.69, 9.17) is 0 Å². The smallest absolute Gasteiger partial charge is 0.257 e. The number of fused-ring (bicyclic) bond motifs is 1. The van der Waals surface area contributed by atoms with Crippen molar-refractivity contribution < 1.29 is 13.6 Å². The van der Waals surface area contributed by atoms with Gasteiger partial charge in [-0.15, -0.1) is 0 Å². The van der Waals surface area contributed by atoms with Gasteiger partial charge >= 0.3 is 0 Å². The maximum absolute atomic E-state index is 13.4. The van der Waals surface area contributed by atoms with Gasteiger partial charge in [-0.1, -0.05) is 24.3 Å². The highest BCUT2D eigenvalue weighted by Crippen LogP contribution is 2.23. The summed E-state index contributed by atoms with van der Waals surface area (Å²) in [5.74, 6) is -2.27. The zero-order chi connectivity index (χ0) is 23.8. The number of amides is 1. The number of carbonyl (C=O) groups is 1. The second kappa shape index (κ2) is 8.43. The molecule has 7 nitrogen and oxygen atoms in total. The van der Waals surface area contributed by atoms with Crippen LogP contribution >= 0.6 is 0 Å². The summed E-state index contributed by atoms with van der Waals surface area (Å²) in [7, 11) is 0. The van der Waals surface area contributed by atoms with Crippen molar-refractivity contribution in [2.75, 3.05) is 5.32 Å². The predicted octanol–water partition coefficient (Wildman–Crippen LogP) is 4.61. The lowest BCUT2D eigenvalue weighted by Crippen LogP contribution is -2.19. The molecule has 0 bridgehead atoms. The fraction of sp³-hybridized carbons (Fsp3) is 0.0800. The third-order valence-electron chi connectivity index (χ3n) is 5.52. The van der Waals surface area contributed by atoms with Gasteiger partial charge in [0.15, 0.2) is 11.6 Å². The molecule has 5 rings (SSSR count). The Hall–Kier alpha value is -4.53. The Morgan fingerprint density at radius 3 is 2.68 bits per heavy atom. The minimum atomic E-state index is -0.933. The molecule has 2 aromatic carbocycles. The second-order valence-electron chi connectivity index (χ2n) is 7.95. The molecule has 0 aliphatic heterocycles. The summed E-state index contributed by atoms with van der Waals surface area (Å²) < 4.78 is 28.1. The lowest BCUT2D eigenvalue weighted by atomic mass is 10.1. The summed E-state index contributed by atoms with van der Waals surface area (Å²) in [4.78, 5) is 31.5. The van der Waals surface area contributed by atoms with E-state index in [0.29, 0.717) is 33.8 Å². The number of aromatic amines is 2. The van der Waals surface area contributed by atoms with E-state index in [-0.39, 0.29) is 12.1 Å². The van der Waals surface area contributed by atoms with E-state index in [0.717, 1.165) is 23.0 Å². The first-order chi connectivity index (χ1) is 16.4. The Balaban J connectivity index is 1.38. The van der Waals surface area contributed by atoms with Crippen molar-refractivity contribution >= 4 is 22.5 Å². The van der Waals surface area contributed by atoms with Crippen molar-refractivity contribution in [3.05, 3.63) is 106 Å². The average Bonchev–Trinajstić information content (AvgIpc) is 3.42. The fourth-order valence-electron chi connectivity index (χ4n) is 3.82. The molecule has 0 atom stereocenters. The number of rotatable bonds is 5. The summed E-state index contributed by atoms with van der Waals surface area (Å²) in [6.07, 6.45) is 3.04. The molecule has 3 N–H and O–H groups in total. The van der Waals surface area contributed by atoms with Crippen LogP contribution in [0.3, 0.4) is 0 Å². The zero-order valence-electron chi connectivity index (χ0n) is 18.0. The van der Waals surface area contributed by atoms with Crippen molar-refractivity contribution in [3.8, 4) is 11.3 Å². The van der Waals surface area contributed by atoms with Crippen LogP contribution in [0.2, 0.25) is 0 Å². The molecule has 3 aromatic heterocycles. The molecule has 34 heavy (non-hydrogen) atoms. The Morgan fingerprint density at radius 1 is 1.06 bits per heavy atom. The number of hydrogen-bond donors (Lipinski definition) is 3. The summed E-state index contributed by atoms with van der Waals surface area (Å²) in [6.45, 7) is 1.85. The monoisotopic (exact) mass is 459 g/mol. The molecular formula is C25H19F2N5O2. The molecule has 9 heteroatoms. The van der Waals surface area contributed by atoms with Crippen LogP contribution in [0.4, 0.5) is 14.5 Å². The molecule has 0 saturated heterocycles. The minimum absolute atomic E-state index is 0.204. The number of anilines is 1. The van der Waals surface area contributed by atoms with Gasteiger partial charge in [0.1, 0.15) is 0 Å². The Labute approximate surface area is 192 Å². The lowest BCUT2D eigenvalue weighted by molar-refractivity contribution is 0.102. The first kappa shape index (κ1) is 21.3. The van der Waals surface area contributed by atoms with E-state index in [2.05, 4.69) is 20.4 Å². The number of carbonyl (C=O) groups excluding carboxylic acids is 1. The van der Waals surface area contributed by atoms with Gasteiger partial charge in [0.05, 0.1) is 35.2 Å². The maximum Gasteiger partial charge on any atom is 0.257 e. The molecule has 0 fully saturated rings. The van der Waals surface area contributed by atoms with E-state index >= 15 is 0 Å². The van der Waals surface area contributed by atoms with Gasteiger partial charge in [-0.25, -0.2) is 8.78 Å². The molecule has 0 saturated carbocycles. The molecule has 0 radical (unpaired) electrons. The van der Waals surface area contributed by atoms with Gasteiger partial charge in [0.2, 0.25) is 0 Å². The van der Waals surface area contributed by atoms with Crippen LogP contribution in [0, 0.1) is 18.6 Å². The molecule has 0 spiro atoms. The van der Waals surface area contributed by atoms with Crippen molar-refractivity contribution in [1.82, 2.24) is 19.7 Å². The number of pyridine rings is 1. The Bertz CT molecular complexity index is 1570. The fourth-order valence-corrected chi connectivity index (χ4v) is 3.82. The minimum Gasteiger partial charge on any atom is -0.354 e. The summed E-state index contributed by atoms with van der Waals surface area (Å²) in [5.41, 5.74) is 3.22. The number of para-hydroxylation sites is 1. The number of benzene rings is 2. The van der Waals surface area contributed by atoms with E-state index in [1.165, 1.54) is 16.9 Å². The number of hydrogen-bond acceptors (Lipinski definition) is 3. The van der Waals surface area contributed by atoms with Crippen molar-refractivity contribution in [1.29, 1.82) is 0 Å². The van der Waals surface area contributed by atoms with Crippen molar-refractivity contribution in [2.45, 2.75) is 13.5 Å². The molecule has 0 unspecified atom stereocenters. The highest BCUT2D eigenvalue weighted by atomic mass is 19.2. The maximum atomic E-state index is 13.4. The van der Waals surface area contributed by atoms with Crippen LogP contribution in [-0.2, 0) is 6.54 Å². The van der Waals surface area contributed by atoms with Gasteiger partial charge in [0, 0.05) is 22.8 Å². The van der Waals surface area contributed by atoms with Crippen molar-refractivity contribution in [2.24, 2.45) is 0 Å². The van der Waals surface area contributed by atoms with E-state index in [9.17, 15) is 18.4 Å². The highest BCUT2D eigenvalue weighted by molar-refractivity contribution is 6.05. The number of nitrogens with zero attached hydrogens (tertiary/aromatic N) is 2. The normalized spacial score (nSPS) is 11.1. The van der Waals surface area contributed by atoms with E-state index in [1.807, 2.05) is 30.3 Å². The summed E-state index contributed by atoms with van der Waals surface area (Å²) >= 11 is 0. The van der Waals surface area contributed by atoms with Crippen LogP contribution in [-0.4, -0.2) is 25.7 Å². The standard InChI is InChI=1S/C25H19F2N5O2/c1-14-18(10-19(25(34)29-14)23-9-16-4-2-3-5-22(16)31-23)24(33)30-17-11-28-32(13-17)12-15-6-7-20(26)21(27)8-15/h2-11,13,31H,12H2,1H3,(H,29,34)(H,30,33). The van der Waals surface area contributed by atoms with Gasteiger partial charge in [-0.2, -0.15) is 5.10 Å². The van der Waals surface area contributed by atoms with Crippen LogP contribution < -0.4 is 10.9 Å². The predicted molar refractivity (Wildman–Crippen MR) is 125 cm³/mol. The van der Waals surface area contributed by atoms with Gasteiger partial charge in [0.25, 0.3) is 11.5 Å². The molecule has 1 amide bonds. The Kier molecular flexibility index (Phi) is 5.29. The number of nitrogens with one attached hydrogen (secondary N) is 3. The van der Waals surface area contributed by atoms with Crippen LogP contribution in [0.1, 0.15) is 21.6 Å². The topological polar surface area (TPSA) is 95.6 Å². The second-order valence-corrected chi connectivity index (χ2v) is 7.95.